The van der Waals surface area contributed by atoms with Gasteiger partial charge in [0.2, 0.25) is 5.95 Å². The number of ether oxygens (including phenoxy) is 2. The van der Waals surface area contributed by atoms with Gasteiger partial charge in [0.15, 0.2) is 0 Å². The molecule has 0 unspecified atom stereocenters. The molecule has 0 saturated heterocycles. The van der Waals surface area contributed by atoms with Gasteiger partial charge in [-0.3, -0.25) is 5.10 Å². The van der Waals surface area contributed by atoms with Crippen LogP contribution in [0.5, 0.6) is 11.5 Å². The Kier molecular flexibility index (Phi) is 3.04. The number of nitrogens with zero attached hydrogens (tertiary/aromatic N) is 3. The lowest BCUT2D eigenvalue weighted by atomic mass is 10.3. The highest BCUT2D eigenvalue weighted by atomic mass is 16.5. The van der Waals surface area contributed by atoms with Crippen molar-refractivity contribution in [1.82, 2.24) is 19.6 Å². The van der Waals surface area contributed by atoms with Crippen LogP contribution in [0.2, 0.25) is 0 Å². The van der Waals surface area contributed by atoms with Crippen molar-refractivity contribution in [2.24, 2.45) is 0 Å². The maximum Gasteiger partial charge on any atom is 0.253 e. The molecule has 2 aromatic carbocycles. The van der Waals surface area contributed by atoms with Crippen LogP contribution in [-0.2, 0) is 0 Å². The molecule has 0 amide bonds. The molecule has 7 nitrogen and oxygen atoms in total. The predicted molar refractivity (Wildman–Crippen MR) is 87.7 cm³/mol. The van der Waals surface area contributed by atoms with Gasteiger partial charge < -0.3 is 14.8 Å². The summed E-state index contributed by atoms with van der Waals surface area (Å²) in [6.45, 7) is 0. The summed E-state index contributed by atoms with van der Waals surface area (Å²) in [5, 5.41) is 6.40. The molecule has 0 aliphatic rings. The van der Waals surface area contributed by atoms with E-state index >= 15 is 0 Å². The minimum atomic E-state index is 0.596. The largest absolute Gasteiger partial charge is 0.497 e. The summed E-state index contributed by atoms with van der Waals surface area (Å²) in [6.07, 6.45) is 0. The number of H-pyrrole nitrogens is 1. The normalized spacial score (nSPS) is 11.0. The van der Waals surface area contributed by atoms with Gasteiger partial charge in [0.1, 0.15) is 11.5 Å². The van der Waals surface area contributed by atoms with Gasteiger partial charge in [0, 0.05) is 17.8 Å². The molecule has 0 bridgehead atoms. The van der Waals surface area contributed by atoms with Gasteiger partial charge in [-0.2, -0.15) is 4.98 Å². The number of benzene rings is 2. The van der Waals surface area contributed by atoms with E-state index in [4.69, 9.17) is 9.47 Å². The fraction of sp³-hybridized carbons (Fsp3) is 0.125. The van der Waals surface area contributed by atoms with E-state index < -0.39 is 0 Å². The Bertz CT molecular complexity index is 989. The first kappa shape index (κ1) is 13.4. The Morgan fingerprint density at radius 1 is 1.00 bits per heavy atom. The van der Waals surface area contributed by atoms with Gasteiger partial charge in [0.05, 0.1) is 25.3 Å². The van der Waals surface area contributed by atoms with Crippen LogP contribution in [0.25, 0.3) is 16.8 Å². The Hall–Kier alpha value is -3.22. The smallest absolute Gasteiger partial charge is 0.253 e. The Labute approximate surface area is 131 Å². The molecule has 0 aliphatic carbocycles. The molecule has 0 fully saturated rings. The third kappa shape index (κ3) is 2.32. The van der Waals surface area contributed by atoms with Crippen LogP contribution in [-0.4, -0.2) is 33.8 Å². The van der Waals surface area contributed by atoms with Crippen molar-refractivity contribution in [2.45, 2.75) is 0 Å². The number of aromatic nitrogens is 4. The first-order valence-electron chi connectivity index (χ1n) is 7.10. The van der Waals surface area contributed by atoms with Crippen LogP contribution in [0.4, 0.5) is 11.6 Å². The summed E-state index contributed by atoms with van der Waals surface area (Å²) in [4.78, 5) is 8.96. The van der Waals surface area contributed by atoms with Crippen LogP contribution in [0.1, 0.15) is 0 Å². The molecule has 2 heterocycles. The number of hydrogen-bond acceptors (Lipinski definition) is 5. The highest BCUT2D eigenvalue weighted by molar-refractivity contribution is 5.81. The third-order valence-corrected chi connectivity index (χ3v) is 3.61. The highest BCUT2D eigenvalue weighted by Crippen LogP contribution is 2.23. The van der Waals surface area contributed by atoms with Crippen molar-refractivity contribution in [3.8, 4) is 11.5 Å². The van der Waals surface area contributed by atoms with Gasteiger partial charge in [-0.1, -0.05) is 6.07 Å². The molecule has 0 aliphatic heterocycles. The molecule has 4 rings (SSSR count). The van der Waals surface area contributed by atoms with Crippen molar-refractivity contribution in [1.29, 1.82) is 0 Å². The monoisotopic (exact) mass is 309 g/mol. The second-order valence-electron chi connectivity index (χ2n) is 5.03. The lowest BCUT2D eigenvalue weighted by Gasteiger charge is -2.04. The van der Waals surface area contributed by atoms with E-state index in [0.717, 1.165) is 28.2 Å². The first-order valence-corrected chi connectivity index (χ1v) is 7.10. The Morgan fingerprint density at radius 3 is 2.65 bits per heavy atom. The number of fused-ring (bicyclic) bond motifs is 3. The van der Waals surface area contributed by atoms with E-state index in [0.29, 0.717) is 11.7 Å². The van der Waals surface area contributed by atoms with Crippen LogP contribution >= 0.6 is 0 Å². The highest BCUT2D eigenvalue weighted by Gasteiger charge is 2.10. The van der Waals surface area contributed by atoms with Crippen LogP contribution in [0.3, 0.4) is 0 Å². The van der Waals surface area contributed by atoms with E-state index in [1.807, 2.05) is 47.0 Å². The topological polar surface area (TPSA) is 76.5 Å². The number of anilines is 2. The number of nitrogens with one attached hydrogen (secondary N) is 2. The van der Waals surface area contributed by atoms with Gasteiger partial charge in [-0.05, 0) is 24.3 Å². The zero-order valence-electron chi connectivity index (χ0n) is 12.7. The van der Waals surface area contributed by atoms with Crippen molar-refractivity contribution in [3.05, 3.63) is 42.5 Å². The first-order chi connectivity index (χ1) is 11.3. The molecule has 7 heteroatoms. The Morgan fingerprint density at radius 2 is 1.83 bits per heavy atom. The maximum absolute atomic E-state index is 5.22. The Balaban J connectivity index is 1.71. The maximum atomic E-state index is 5.22. The average Bonchev–Trinajstić information content (AvgIpc) is 3.11. The lowest BCUT2D eigenvalue weighted by Crippen LogP contribution is -1.94. The predicted octanol–water partition coefficient (Wildman–Crippen LogP) is 2.97. The van der Waals surface area contributed by atoms with E-state index in [1.54, 1.807) is 14.2 Å². The van der Waals surface area contributed by atoms with Crippen LogP contribution < -0.4 is 14.8 Å². The van der Waals surface area contributed by atoms with Gasteiger partial charge in [-0.25, -0.2) is 9.50 Å². The number of rotatable bonds is 4. The summed E-state index contributed by atoms with van der Waals surface area (Å²) < 4.78 is 12.3. The molecular formula is C16H15N5O2. The molecular weight excluding hydrogens is 294 g/mol. The number of imidazole rings is 1. The molecule has 23 heavy (non-hydrogen) atoms. The van der Waals surface area contributed by atoms with E-state index in [1.165, 1.54) is 0 Å². The molecule has 0 spiro atoms. The molecule has 0 radical (unpaired) electrons. The zero-order chi connectivity index (χ0) is 15.8. The molecule has 0 atom stereocenters. The van der Waals surface area contributed by atoms with Gasteiger partial charge in [-0.15, -0.1) is 0 Å². The SMILES string of the molecule is COc1cccc(Nc2nc3nc4cc(OC)ccc4n3[nH]2)c1. The summed E-state index contributed by atoms with van der Waals surface area (Å²) in [5.41, 5.74) is 2.65. The standard InChI is InChI=1S/C16H15N5O2/c1-22-11-5-3-4-10(8-11)17-15-19-16-18-13-9-12(23-2)6-7-14(13)21(16)20-15/h3-9H,1-2H3,(H2,17,18,19,20). The second-order valence-corrected chi connectivity index (χ2v) is 5.03. The van der Waals surface area contributed by atoms with E-state index in [2.05, 4.69) is 20.4 Å². The summed E-state index contributed by atoms with van der Waals surface area (Å²) in [7, 11) is 3.28. The fourth-order valence-corrected chi connectivity index (χ4v) is 2.48. The van der Waals surface area contributed by atoms with E-state index in [9.17, 15) is 0 Å². The minimum Gasteiger partial charge on any atom is -0.497 e. The van der Waals surface area contributed by atoms with E-state index in [-0.39, 0.29) is 0 Å². The summed E-state index contributed by atoms with van der Waals surface area (Å²) in [5.74, 6) is 2.76. The zero-order valence-corrected chi connectivity index (χ0v) is 12.7. The lowest BCUT2D eigenvalue weighted by molar-refractivity contribution is 0.415. The number of hydrogen-bond donors (Lipinski definition) is 2. The average molecular weight is 309 g/mol. The van der Waals surface area contributed by atoms with Crippen molar-refractivity contribution in [2.75, 3.05) is 19.5 Å². The molecule has 2 aromatic heterocycles. The summed E-state index contributed by atoms with van der Waals surface area (Å²) in [6, 6.07) is 13.4. The van der Waals surface area contributed by atoms with Crippen LogP contribution in [0, 0.1) is 0 Å². The van der Waals surface area contributed by atoms with Gasteiger partial charge >= 0.3 is 0 Å². The third-order valence-electron chi connectivity index (χ3n) is 3.61. The van der Waals surface area contributed by atoms with Crippen LogP contribution in [0.15, 0.2) is 42.5 Å². The minimum absolute atomic E-state index is 0.596. The van der Waals surface area contributed by atoms with Crippen molar-refractivity contribution < 1.29 is 9.47 Å². The number of methoxy groups -OCH3 is 2. The molecule has 2 N–H and O–H groups in total. The fourth-order valence-electron chi connectivity index (χ4n) is 2.48. The summed E-state index contributed by atoms with van der Waals surface area (Å²) >= 11 is 0. The number of aromatic amines is 1. The second kappa shape index (κ2) is 5.20. The quantitative estimate of drug-likeness (QED) is 0.606. The van der Waals surface area contributed by atoms with Crippen molar-refractivity contribution in [3.63, 3.8) is 0 Å². The van der Waals surface area contributed by atoms with Crippen molar-refractivity contribution >= 4 is 28.4 Å². The molecule has 4 aromatic rings. The molecule has 116 valence electrons. The molecule has 0 saturated carbocycles. The van der Waals surface area contributed by atoms with Gasteiger partial charge in [0.25, 0.3) is 5.78 Å².